The molecule has 2 aliphatic heterocycles. The number of carboxylic acid groups (broad SMARTS) is 1. The van der Waals surface area contributed by atoms with Crippen LogP contribution in [0.5, 0.6) is 0 Å². The minimum Gasteiger partial charge on any atom is -0.465 e. The Kier molecular flexibility index (Phi) is 2.66. The highest BCUT2D eigenvalue weighted by Crippen LogP contribution is 2.20. The number of fused-ring (bicyclic) bond motifs is 1. The first-order valence-corrected chi connectivity index (χ1v) is 6.11. The van der Waals surface area contributed by atoms with Gasteiger partial charge in [0, 0.05) is 18.7 Å². The lowest BCUT2D eigenvalue weighted by molar-refractivity contribution is 0.126. The number of likely N-dealkylation sites (tertiary alicyclic amines) is 1. The Labute approximate surface area is 105 Å². The largest absolute Gasteiger partial charge is 0.465 e. The molecule has 18 heavy (non-hydrogen) atoms. The number of benzene rings is 1. The Hall–Kier alpha value is -2.04. The highest BCUT2D eigenvalue weighted by Gasteiger charge is 2.35. The maximum absolute atomic E-state index is 11.0. The van der Waals surface area contributed by atoms with Crippen LogP contribution in [0.2, 0.25) is 0 Å². The fourth-order valence-electron chi connectivity index (χ4n) is 2.54. The van der Waals surface area contributed by atoms with Crippen LogP contribution >= 0.6 is 0 Å². The van der Waals surface area contributed by atoms with E-state index in [0.29, 0.717) is 13.1 Å². The molecular formula is C13H15N3O2. The van der Waals surface area contributed by atoms with Gasteiger partial charge in [-0.1, -0.05) is 30.3 Å². The molecule has 0 saturated carbocycles. The van der Waals surface area contributed by atoms with Crippen molar-refractivity contribution < 1.29 is 9.90 Å². The van der Waals surface area contributed by atoms with Gasteiger partial charge in [-0.15, -0.1) is 0 Å². The van der Waals surface area contributed by atoms with Gasteiger partial charge in [-0.05, 0) is 6.42 Å². The summed E-state index contributed by atoms with van der Waals surface area (Å²) in [5, 5.41) is 12.3. The number of piperidine rings is 1. The van der Waals surface area contributed by atoms with Crippen LogP contribution in [-0.4, -0.2) is 47.1 Å². The number of rotatable bonds is 1. The van der Waals surface area contributed by atoms with E-state index in [1.807, 2.05) is 30.3 Å². The van der Waals surface area contributed by atoms with Crippen molar-refractivity contribution in [2.75, 3.05) is 13.1 Å². The molecule has 0 spiro atoms. The molecule has 1 amide bonds. The predicted molar refractivity (Wildman–Crippen MR) is 67.9 cm³/mol. The molecule has 94 valence electrons. The smallest absolute Gasteiger partial charge is 0.407 e. The summed E-state index contributed by atoms with van der Waals surface area (Å²) in [4.78, 5) is 17.1. The van der Waals surface area contributed by atoms with Crippen molar-refractivity contribution in [1.29, 1.82) is 0 Å². The highest BCUT2D eigenvalue weighted by atomic mass is 16.4. The summed E-state index contributed by atoms with van der Waals surface area (Å²) in [5.41, 5.74) is 1.06. The topological polar surface area (TPSA) is 64.9 Å². The average molecular weight is 245 g/mol. The van der Waals surface area contributed by atoms with Crippen LogP contribution in [0, 0.1) is 0 Å². The minimum atomic E-state index is -0.844. The van der Waals surface area contributed by atoms with Crippen molar-refractivity contribution >= 4 is 11.9 Å². The van der Waals surface area contributed by atoms with E-state index in [1.54, 1.807) is 0 Å². The van der Waals surface area contributed by atoms with E-state index in [-0.39, 0.29) is 12.1 Å². The molecule has 2 N–H and O–H groups in total. The van der Waals surface area contributed by atoms with E-state index in [0.717, 1.165) is 17.8 Å². The molecule has 1 aromatic carbocycles. The van der Waals surface area contributed by atoms with Crippen LogP contribution < -0.4 is 5.32 Å². The Morgan fingerprint density at radius 1 is 1.39 bits per heavy atom. The van der Waals surface area contributed by atoms with Gasteiger partial charge in [0.15, 0.2) is 0 Å². The zero-order valence-corrected chi connectivity index (χ0v) is 9.91. The first-order chi connectivity index (χ1) is 8.74. The van der Waals surface area contributed by atoms with Gasteiger partial charge in [0.25, 0.3) is 0 Å². The highest BCUT2D eigenvalue weighted by molar-refractivity contribution is 6.00. The van der Waals surface area contributed by atoms with E-state index in [4.69, 9.17) is 5.11 Å². The van der Waals surface area contributed by atoms with Gasteiger partial charge in [-0.2, -0.15) is 0 Å². The molecule has 2 atom stereocenters. The molecule has 0 aromatic heterocycles. The Balaban J connectivity index is 1.75. The fraction of sp³-hybridized carbons (Fsp3) is 0.385. The molecule has 1 saturated heterocycles. The van der Waals surface area contributed by atoms with Gasteiger partial charge in [-0.3, -0.25) is 4.99 Å². The quantitative estimate of drug-likeness (QED) is 0.780. The monoisotopic (exact) mass is 245 g/mol. The SMILES string of the molecule is O=C(O)N1CCC2N=C(c3ccccc3)NC2C1. The van der Waals surface area contributed by atoms with Gasteiger partial charge in [-0.25, -0.2) is 4.79 Å². The normalized spacial score (nSPS) is 26.2. The van der Waals surface area contributed by atoms with E-state index in [2.05, 4.69) is 10.3 Å². The molecular weight excluding hydrogens is 230 g/mol. The second kappa shape index (κ2) is 4.33. The third-order valence-electron chi connectivity index (χ3n) is 3.51. The fourth-order valence-corrected chi connectivity index (χ4v) is 2.54. The van der Waals surface area contributed by atoms with Gasteiger partial charge in [0.1, 0.15) is 5.84 Å². The third kappa shape index (κ3) is 1.92. The lowest BCUT2D eigenvalue weighted by Gasteiger charge is -2.31. The number of aliphatic imine (C=N–C) groups is 1. The van der Waals surface area contributed by atoms with E-state index >= 15 is 0 Å². The molecule has 0 radical (unpaired) electrons. The molecule has 2 aliphatic rings. The maximum atomic E-state index is 11.0. The number of nitrogens with zero attached hydrogens (tertiary/aromatic N) is 2. The summed E-state index contributed by atoms with van der Waals surface area (Å²) in [6.07, 6.45) is -0.0521. The number of hydrogen-bond donors (Lipinski definition) is 2. The molecule has 1 aromatic rings. The van der Waals surface area contributed by atoms with Crippen molar-refractivity contribution in [2.45, 2.75) is 18.5 Å². The van der Waals surface area contributed by atoms with E-state index in [1.165, 1.54) is 4.90 Å². The Bertz CT molecular complexity index is 486. The minimum absolute atomic E-state index is 0.116. The summed E-state index contributed by atoms with van der Waals surface area (Å²) in [7, 11) is 0. The van der Waals surface area contributed by atoms with Crippen LogP contribution in [0.25, 0.3) is 0 Å². The number of amidine groups is 1. The van der Waals surface area contributed by atoms with Crippen LogP contribution in [0.3, 0.4) is 0 Å². The second-order valence-corrected chi connectivity index (χ2v) is 4.68. The zero-order valence-electron chi connectivity index (χ0n) is 9.91. The van der Waals surface area contributed by atoms with E-state index < -0.39 is 6.09 Å². The van der Waals surface area contributed by atoms with Gasteiger partial charge < -0.3 is 15.3 Å². The summed E-state index contributed by atoms with van der Waals surface area (Å²) in [6.45, 7) is 1.09. The molecule has 0 bridgehead atoms. The molecule has 1 fully saturated rings. The van der Waals surface area contributed by atoms with Crippen molar-refractivity contribution in [1.82, 2.24) is 10.2 Å². The number of amides is 1. The standard InChI is InChI=1S/C13H15N3O2/c17-13(18)16-7-6-10-11(8-16)15-12(14-10)9-4-2-1-3-5-9/h1-5,10-11H,6-8H2,(H,14,15)(H,17,18). The van der Waals surface area contributed by atoms with Gasteiger partial charge >= 0.3 is 6.09 Å². The van der Waals surface area contributed by atoms with Gasteiger partial charge in [0.2, 0.25) is 0 Å². The maximum Gasteiger partial charge on any atom is 0.407 e. The first kappa shape index (κ1) is 11.1. The zero-order chi connectivity index (χ0) is 12.5. The molecule has 5 nitrogen and oxygen atoms in total. The van der Waals surface area contributed by atoms with Crippen molar-refractivity contribution in [3.05, 3.63) is 35.9 Å². The average Bonchev–Trinajstić information content (AvgIpc) is 2.82. The van der Waals surface area contributed by atoms with Crippen LogP contribution in [0.1, 0.15) is 12.0 Å². The predicted octanol–water partition coefficient (Wildman–Crippen LogP) is 1.16. The first-order valence-electron chi connectivity index (χ1n) is 6.11. The summed E-state index contributed by atoms with van der Waals surface area (Å²) >= 11 is 0. The Morgan fingerprint density at radius 3 is 2.89 bits per heavy atom. The second-order valence-electron chi connectivity index (χ2n) is 4.68. The summed E-state index contributed by atoms with van der Waals surface area (Å²) in [6, 6.07) is 10.3. The van der Waals surface area contributed by atoms with Crippen LogP contribution in [0.15, 0.2) is 35.3 Å². The Morgan fingerprint density at radius 2 is 2.17 bits per heavy atom. The van der Waals surface area contributed by atoms with Crippen LogP contribution in [0.4, 0.5) is 4.79 Å². The number of hydrogen-bond acceptors (Lipinski definition) is 3. The number of carbonyl (C=O) groups is 1. The molecule has 0 aliphatic carbocycles. The third-order valence-corrected chi connectivity index (χ3v) is 3.51. The number of nitrogens with one attached hydrogen (secondary N) is 1. The molecule has 3 rings (SSSR count). The summed E-state index contributed by atoms with van der Waals surface area (Å²) < 4.78 is 0. The lowest BCUT2D eigenvalue weighted by atomic mass is 10.0. The van der Waals surface area contributed by atoms with Crippen molar-refractivity contribution in [3.8, 4) is 0 Å². The van der Waals surface area contributed by atoms with E-state index in [9.17, 15) is 4.79 Å². The molecule has 2 unspecified atom stereocenters. The van der Waals surface area contributed by atoms with Gasteiger partial charge in [0.05, 0.1) is 12.1 Å². The van der Waals surface area contributed by atoms with Crippen molar-refractivity contribution in [2.24, 2.45) is 4.99 Å². The van der Waals surface area contributed by atoms with Crippen LogP contribution in [-0.2, 0) is 0 Å². The molecule has 2 heterocycles. The lowest BCUT2D eigenvalue weighted by Crippen LogP contribution is -2.51. The summed E-state index contributed by atoms with van der Waals surface area (Å²) in [5.74, 6) is 0.887. The molecule has 5 heteroatoms. The van der Waals surface area contributed by atoms with Crippen molar-refractivity contribution in [3.63, 3.8) is 0 Å².